The monoisotopic (exact) mass is 475 g/mol. The average Bonchev–Trinajstić information content (AvgIpc) is 2.83. The van der Waals surface area contributed by atoms with E-state index < -0.39 is 17.8 Å². The lowest BCUT2D eigenvalue weighted by atomic mass is 9.88. The molecule has 7 nitrogen and oxygen atoms in total. The standard InChI is InChI=1S/C24H27ClFN3O4/c1-33-15-12-27-23(31)21(28-22(30)19-4-2-3-5-20(19)25)16-10-13-29(14-11-16)24(32)17-6-8-18(26)9-7-17/h2-9,16,21H,10-15H2,1H3,(H,27,31)(H,28,30). The van der Waals surface area contributed by atoms with Gasteiger partial charge in [0, 0.05) is 32.3 Å². The van der Waals surface area contributed by atoms with E-state index in [-0.39, 0.29) is 23.3 Å². The van der Waals surface area contributed by atoms with E-state index in [0.717, 1.165) is 0 Å². The van der Waals surface area contributed by atoms with Crippen LogP contribution < -0.4 is 10.6 Å². The van der Waals surface area contributed by atoms with Crippen molar-refractivity contribution in [1.29, 1.82) is 0 Å². The molecule has 0 spiro atoms. The number of nitrogens with one attached hydrogen (secondary N) is 2. The van der Waals surface area contributed by atoms with Gasteiger partial charge in [0.1, 0.15) is 11.9 Å². The highest BCUT2D eigenvalue weighted by Crippen LogP contribution is 2.24. The van der Waals surface area contributed by atoms with Crippen LogP contribution in [0.3, 0.4) is 0 Å². The number of methoxy groups -OCH3 is 1. The van der Waals surface area contributed by atoms with Crippen molar-refractivity contribution in [2.45, 2.75) is 18.9 Å². The Kier molecular flexibility index (Phi) is 8.79. The number of carbonyl (C=O) groups excluding carboxylic acids is 3. The van der Waals surface area contributed by atoms with Gasteiger partial charge in [0.2, 0.25) is 5.91 Å². The third-order valence-corrected chi connectivity index (χ3v) is 6.01. The first-order valence-electron chi connectivity index (χ1n) is 10.8. The van der Waals surface area contributed by atoms with Crippen LogP contribution in [0.4, 0.5) is 4.39 Å². The van der Waals surface area contributed by atoms with E-state index in [0.29, 0.717) is 49.7 Å². The van der Waals surface area contributed by atoms with Crippen LogP contribution in [-0.4, -0.2) is 62.0 Å². The number of hydrogen-bond donors (Lipinski definition) is 2. The van der Waals surface area contributed by atoms with E-state index in [4.69, 9.17) is 16.3 Å². The summed E-state index contributed by atoms with van der Waals surface area (Å²) in [6.07, 6.45) is 1.05. The third kappa shape index (κ3) is 6.52. The molecule has 0 aromatic heterocycles. The maximum atomic E-state index is 13.2. The molecule has 0 aliphatic carbocycles. The molecule has 0 saturated carbocycles. The third-order valence-electron chi connectivity index (χ3n) is 5.68. The Balaban J connectivity index is 1.68. The van der Waals surface area contributed by atoms with E-state index >= 15 is 0 Å². The number of likely N-dealkylation sites (tertiary alicyclic amines) is 1. The zero-order chi connectivity index (χ0) is 23.8. The number of hydrogen-bond acceptors (Lipinski definition) is 4. The first kappa shape index (κ1) is 24.7. The Bertz CT molecular complexity index is 978. The second-order valence-electron chi connectivity index (χ2n) is 7.85. The van der Waals surface area contributed by atoms with Gasteiger partial charge in [-0.3, -0.25) is 14.4 Å². The van der Waals surface area contributed by atoms with Crippen LogP contribution in [0.2, 0.25) is 5.02 Å². The second kappa shape index (κ2) is 11.8. The SMILES string of the molecule is COCCNC(=O)C(NC(=O)c1ccccc1Cl)C1CCN(C(=O)c2ccc(F)cc2)CC1. The normalized spacial score (nSPS) is 15.1. The van der Waals surface area contributed by atoms with Crippen LogP contribution in [-0.2, 0) is 9.53 Å². The van der Waals surface area contributed by atoms with Crippen molar-refractivity contribution < 1.29 is 23.5 Å². The summed E-state index contributed by atoms with van der Waals surface area (Å²) in [5.74, 6) is -1.50. The first-order chi connectivity index (χ1) is 15.9. The predicted octanol–water partition coefficient (Wildman–Crippen LogP) is 2.89. The molecule has 2 aromatic carbocycles. The van der Waals surface area contributed by atoms with Crippen molar-refractivity contribution in [3.05, 3.63) is 70.5 Å². The number of carbonyl (C=O) groups is 3. The van der Waals surface area contributed by atoms with Crippen molar-refractivity contribution in [2.24, 2.45) is 5.92 Å². The van der Waals surface area contributed by atoms with Gasteiger partial charge < -0.3 is 20.3 Å². The highest BCUT2D eigenvalue weighted by Gasteiger charge is 2.34. The van der Waals surface area contributed by atoms with E-state index in [1.54, 1.807) is 29.2 Å². The van der Waals surface area contributed by atoms with Crippen LogP contribution in [0, 0.1) is 11.7 Å². The number of piperidine rings is 1. The van der Waals surface area contributed by atoms with Gasteiger partial charge in [-0.05, 0) is 55.2 Å². The van der Waals surface area contributed by atoms with Crippen molar-refractivity contribution in [1.82, 2.24) is 15.5 Å². The van der Waals surface area contributed by atoms with Crippen LogP contribution >= 0.6 is 11.6 Å². The number of rotatable bonds is 8. The number of ether oxygens (including phenoxy) is 1. The molecule has 176 valence electrons. The molecule has 3 amide bonds. The largest absolute Gasteiger partial charge is 0.383 e. The molecule has 0 radical (unpaired) electrons. The van der Waals surface area contributed by atoms with Crippen LogP contribution in [0.1, 0.15) is 33.6 Å². The maximum absolute atomic E-state index is 13.2. The molecule has 3 rings (SSSR count). The van der Waals surface area contributed by atoms with Crippen molar-refractivity contribution >= 4 is 29.3 Å². The molecule has 9 heteroatoms. The maximum Gasteiger partial charge on any atom is 0.253 e. The number of amides is 3. The summed E-state index contributed by atoms with van der Waals surface area (Å²) >= 11 is 6.15. The summed E-state index contributed by atoms with van der Waals surface area (Å²) in [6, 6.07) is 11.3. The van der Waals surface area contributed by atoms with Gasteiger partial charge >= 0.3 is 0 Å². The number of nitrogens with zero attached hydrogens (tertiary/aromatic N) is 1. The molecule has 33 heavy (non-hydrogen) atoms. The molecule has 0 bridgehead atoms. The molecule has 2 aromatic rings. The molecule has 1 aliphatic rings. The summed E-state index contributed by atoms with van der Waals surface area (Å²) in [4.78, 5) is 40.2. The van der Waals surface area contributed by atoms with E-state index in [1.165, 1.54) is 31.4 Å². The quantitative estimate of drug-likeness (QED) is 0.575. The summed E-state index contributed by atoms with van der Waals surface area (Å²) in [6.45, 7) is 1.51. The zero-order valence-corrected chi connectivity index (χ0v) is 19.1. The summed E-state index contributed by atoms with van der Waals surface area (Å²) in [5.41, 5.74) is 0.702. The highest BCUT2D eigenvalue weighted by atomic mass is 35.5. The van der Waals surface area contributed by atoms with Gasteiger partial charge in [0.25, 0.3) is 11.8 Å². The van der Waals surface area contributed by atoms with Gasteiger partial charge in [-0.2, -0.15) is 0 Å². The Morgan fingerprint density at radius 3 is 2.42 bits per heavy atom. The average molecular weight is 476 g/mol. The molecular weight excluding hydrogens is 449 g/mol. The molecule has 1 heterocycles. The van der Waals surface area contributed by atoms with Gasteiger partial charge in [-0.25, -0.2) is 4.39 Å². The topological polar surface area (TPSA) is 87.7 Å². The van der Waals surface area contributed by atoms with Gasteiger partial charge in [0.15, 0.2) is 0 Å². The van der Waals surface area contributed by atoms with Crippen molar-refractivity contribution in [3.63, 3.8) is 0 Å². The van der Waals surface area contributed by atoms with Gasteiger partial charge in [-0.15, -0.1) is 0 Å². The van der Waals surface area contributed by atoms with E-state index in [9.17, 15) is 18.8 Å². The lowest BCUT2D eigenvalue weighted by Crippen LogP contribution is -2.54. The predicted molar refractivity (Wildman–Crippen MR) is 123 cm³/mol. The van der Waals surface area contributed by atoms with E-state index in [2.05, 4.69) is 10.6 Å². The fourth-order valence-electron chi connectivity index (χ4n) is 3.86. The fourth-order valence-corrected chi connectivity index (χ4v) is 4.08. The molecule has 1 atom stereocenters. The van der Waals surface area contributed by atoms with Crippen LogP contribution in [0.25, 0.3) is 0 Å². The Morgan fingerprint density at radius 2 is 1.79 bits per heavy atom. The lowest BCUT2D eigenvalue weighted by molar-refractivity contribution is -0.124. The Hall–Kier alpha value is -2.97. The molecule has 1 fully saturated rings. The summed E-state index contributed by atoms with van der Waals surface area (Å²) < 4.78 is 18.1. The summed E-state index contributed by atoms with van der Waals surface area (Å²) in [5, 5.41) is 5.92. The number of halogens is 2. The summed E-state index contributed by atoms with van der Waals surface area (Å²) in [7, 11) is 1.54. The van der Waals surface area contributed by atoms with Crippen LogP contribution in [0.15, 0.2) is 48.5 Å². The molecular formula is C24H27ClFN3O4. The zero-order valence-electron chi connectivity index (χ0n) is 18.4. The van der Waals surface area contributed by atoms with E-state index in [1.807, 2.05) is 0 Å². The lowest BCUT2D eigenvalue weighted by Gasteiger charge is -2.36. The smallest absolute Gasteiger partial charge is 0.253 e. The van der Waals surface area contributed by atoms with Gasteiger partial charge in [0.05, 0.1) is 17.2 Å². The van der Waals surface area contributed by atoms with Crippen molar-refractivity contribution in [3.8, 4) is 0 Å². The molecule has 1 saturated heterocycles. The minimum absolute atomic E-state index is 0.170. The van der Waals surface area contributed by atoms with Crippen molar-refractivity contribution in [2.75, 3.05) is 33.4 Å². The molecule has 2 N–H and O–H groups in total. The minimum Gasteiger partial charge on any atom is -0.383 e. The highest BCUT2D eigenvalue weighted by molar-refractivity contribution is 6.33. The van der Waals surface area contributed by atoms with Crippen LogP contribution in [0.5, 0.6) is 0 Å². The number of benzene rings is 2. The Morgan fingerprint density at radius 1 is 1.12 bits per heavy atom. The molecule has 1 unspecified atom stereocenters. The Labute approximate surface area is 197 Å². The first-order valence-corrected chi connectivity index (χ1v) is 11.2. The molecule has 1 aliphatic heterocycles. The minimum atomic E-state index is -0.784. The van der Waals surface area contributed by atoms with Gasteiger partial charge in [-0.1, -0.05) is 23.7 Å². The fraction of sp³-hybridized carbons (Fsp3) is 0.375. The second-order valence-corrected chi connectivity index (χ2v) is 8.26.